The van der Waals surface area contributed by atoms with Crippen molar-refractivity contribution >= 4 is 45.1 Å². The number of piperazine rings is 1. The van der Waals surface area contributed by atoms with Gasteiger partial charge in [-0.3, -0.25) is 14.7 Å². The number of thioether (sulfide) groups is 1. The van der Waals surface area contributed by atoms with Crippen LogP contribution in [0.5, 0.6) is 0 Å². The summed E-state index contributed by atoms with van der Waals surface area (Å²) in [4.78, 5) is 20.9. The van der Waals surface area contributed by atoms with Gasteiger partial charge in [-0.1, -0.05) is 23.4 Å². The van der Waals surface area contributed by atoms with Crippen molar-refractivity contribution in [3.8, 4) is 0 Å². The molecule has 7 heteroatoms. The molecule has 0 bridgehead atoms. The van der Waals surface area contributed by atoms with Gasteiger partial charge in [-0.25, -0.2) is 0 Å². The number of pyridine rings is 1. The standard InChI is InChI=1S/C20H22ClN3O2S/c1-13-19(14(2)27-20(13)25)26-12-23-7-9-24(10-8-23)18-5-6-22-17-11-15(21)3-4-16(17)18/h3-6,11,14H,7-10,12H2,1-2H3. The monoisotopic (exact) mass is 403 g/mol. The van der Waals surface area contributed by atoms with Crippen LogP contribution in [0, 0.1) is 0 Å². The molecule has 1 saturated heterocycles. The molecule has 2 aliphatic heterocycles. The summed E-state index contributed by atoms with van der Waals surface area (Å²) in [6, 6.07) is 7.93. The largest absolute Gasteiger partial charge is 0.481 e. The van der Waals surface area contributed by atoms with E-state index in [1.54, 1.807) is 0 Å². The lowest BCUT2D eigenvalue weighted by Crippen LogP contribution is -2.47. The first kappa shape index (κ1) is 18.6. The van der Waals surface area contributed by atoms with E-state index < -0.39 is 0 Å². The number of hydrogen-bond donors (Lipinski definition) is 0. The first-order chi connectivity index (χ1) is 13.0. The minimum atomic E-state index is 0.119. The van der Waals surface area contributed by atoms with Crippen molar-refractivity contribution in [1.82, 2.24) is 9.88 Å². The molecule has 0 aliphatic carbocycles. The number of halogens is 1. The first-order valence-electron chi connectivity index (χ1n) is 9.09. The Kier molecular flexibility index (Phi) is 5.30. The van der Waals surface area contributed by atoms with Crippen LogP contribution in [0.25, 0.3) is 10.9 Å². The molecule has 1 aromatic carbocycles. The van der Waals surface area contributed by atoms with Gasteiger partial charge in [-0.2, -0.15) is 0 Å². The van der Waals surface area contributed by atoms with E-state index >= 15 is 0 Å². The van der Waals surface area contributed by atoms with Gasteiger partial charge in [-0.15, -0.1) is 0 Å². The van der Waals surface area contributed by atoms with Gasteiger partial charge in [0.1, 0.15) is 12.5 Å². The van der Waals surface area contributed by atoms with Gasteiger partial charge in [0.15, 0.2) is 0 Å². The highest BCUT2D eigenvalue weighted by Crippen LogP contribution is 2.34. The van der Waals surface area contributed by atoms with Crippen molar-refractivity contribution in [1.29, 1.82) is 0 Å². The van der Waals surface area contributed by atoms with Crippen molar-refractivity contribution < 1.29 is 9.53 Å². The van der Waals surface area contributed by atoms with E-state index in [0.717, 1.165) is 48.4 Å². The summed E-state index contributed by atoms with van der Waals surface area (Å²) >= 11 is 7.44. The predicted octanol–water partition coefficient (Wildman–Crippen LogP) is 3.92. The minimum absolute atomic E-state index is 0.119. The molecule has 1 unspecified atom stereocenters. The van der Waals surface area contributed by atoms with Gasteiger partial charge in [0, 0.05) is 54.0 Å². The summed E-state index contributed by atoms with van der Waals surface area (Å²) in [5.41, 5.74) is 2.88. The van der Waals surface area contributed by atoms with Crippen molar-refractivity contribution in [2.24, 2.45) is 0 Å². The van der Waals surface area contributed by atoms with Crippen LogP contribution in [-0.2, 0) is 9.53 Å². The molecule has 1 atom stereocenters. The van der Waals surface area contributed by atoms with E-state index in [0.29, 0.717) is 11.8 Å². The number of nitrogens with zero attached hydrogens (tertiary/aromatic N) is 3. The zero-order valence-electron chi connectivity index (χ0n) is 15.4. The lowest BCUT2D eigenvalue weighted by Gasteiger charge is -2.36. The Morgan fingerprint density at radius 3 is 2.74 bits per heavy atom. The van der Waals surface area contributed by atoms with Crippen LogP contribution < -0.4 is 4.90 Å². The number of ether oxygens (including phenoxy) is 1. The molecule has 0 radical (unpaired) electrons. The number of fused-ring (bicyclic) bond motifs is 1. The summed E-state index contributed by atoms with van der Waals surface area (Å²) in [5, 5.41) is 2.08. The SMILES string of the molecule is CC1=C(OCN2CCN(c3ccnc4cc(Cl)ccc34)CC2)C(C)SC1=O. The second-order valence-electron chi connectivity index (χ2n) is 6.91. The third kappa shape index (κ3) is 3.79. The van der Waals surface area contributed by atoms with Crippen molar-refractivity contribution in [3.05, 3.63) is 46.8 Å². The highest BCUT2D eigenvalue weighted by molar-refractivity contribution is 8.15. The summed E-state index contributed by atoms with van der Waals surface area (Å²) in [7, 11) is 0. The summed E-state index contributed by atoms with van der Waals surface area (Å²) in [6.45, 7) is 8.09. The minimum Gasteiger partial charge on any atom is -0.481 e. The van der Waals surface area contributed by atoms with Crippen molar-refractivity contribution in [2.45, 2.75) is 19.1 Å². The maximum Gasteiger partial charge on any atom is 0.219 e. The van der Waals surface area contributed by atoms with E-state index in [2.05, 4.69) is 20.9 Å². The lowest BCUT2D eigenvalue weighted by atomic mass is 10.1. The maximum atomic E-state index is 11.8. The molecule has 2 aromatic rings. The molecule has 1 aromatic heterocycles. The molecule has 4 rings (SSSR count). The number of aromatic nitrogens is 1. The third-order valence-electron chi connectivity index (χ3n) is 5.13. The molecule has 0 saturated carbocycles. The number of benzene rings is 1. The van der Waals surface area contributed by atoms with Crippen molar-refractivity contribution in [2.75, 3.05) is 37.8 Å². The quantitative estimate of drug-likeness (QED) is 0.771. The molecular formula is C20H22ClN3O2S. The molecule has 2 aliphatic rings. The number of hydrogen-bond acceptors (Lipinski definition) is 6. The summed E-state index contributed by atoms with van der Waals surface area (Å²) in [6.07, 6.45) is 1.84. The third-order valence-corrected chi connectivity index (χ3v) is 6.45. The van der Waals surface area contributed by atoms with Crippen LogP contribution >= 0.6 is 23.4 Å². The van der Waals surface area contributed by atoms with Gasteiger partial charge >= 0.3 is 0 Å². The highest BCUT2D eigenvalue weighted by Gasteiger charge is 2.29. The van der Waals surface area contributed by atoms with Gasteiger partial charge in [0.2, 0.25) is 5.12 Å². The zero-order chi connectivity index (χ0) is 19.0. The lowest BCUT2D eigenvalue weighted by molar-refractivity contribution is -0.107. The van der Waals surface area contributed by atoms with Crippen LogP contribution in [0.15, 0.2) is 41.8 Å². The number of carbonyl (C=O) groups excluding carboxylic acids is 1. The van der Waals surface area contributed by atoms with Crippen LogP contribution in [0.4, 0.5) is 5.69 Å². The zero-order valence-corrected chi connectivity index (χ0v) is 17.0. The predicted molar refractivity (Wildman–Crippen MR) is 111 cm³/mol. The number of rotatable bonds is 4. The second-order valence-corrected chi connectivity index (χ2v) is 8.66. The van der Waals surface area contributed by atoms with Gasteiger partial charge in [0.05, 0.1) is 10.8 Å². The van der Waals surface area contributed by atoms with E-state index in [1.807, 2.05) is 38.2 Å². The normalized spacial score (nSPS) is 21.4. The number of carbonyl (C=O) groups is 1. The molecule has 142 valence electrons. The molecule has 3 heterocycles. The van der Waals surface area contributed by atoms with E-state index in [-0.39, 0.29) is 10.4 Å². The fourth-order valence-corrected chi connectivity index (χ4v) is 4.71. The Balaban J connectivity index is 1.39. The molecule has 1 fully saturated rings. The Labute approximate surface area is 168 Å². The van der Waals surface area contributed by atoms with Gasteiger partial charge < -0.3 is 9.64 Å². The highest BCUT2D eigenvalue weighted by atomic mass is 35.5. The maximum absolute atomic E-state index is 11.8. The molecule has 0 N–H and O–H groups in total. The average Bonchev–Trinajstić information content (AvgIpc) is 2.91. The first-order valence-corrected chi connectivity index (χ1v) is 10.3. The van der Waals surface area contributed by atoms with Gasteiger partial charge in [-0.05, 0) is 38.1 Å². The average molecular weight is 404 g/mol. The van der Waals surface area contributed by atoms with Crippen LogP contribution in [0.3, 0.4) is 0 Å². The summed E-state index contributed by atoms with van der Waals surface area (Å²) in [5.74, 6) is 0.837. The van der Waals surface area contributed by atoms with Gasteiger partial charge in [0.25, 0.3) is 0 Å². The van der Waals surface area contributed by atoms with E-state index in [1.165, 1.54) is 17.4 Å². The van der Waals surface area contributed by atoms with Crippen LogP contribution in [0.2, 0.25) is 5.02 Å². The molecule has 0 spiro atoms. The smallest absolute Gasteiger partial charge is 0.219 e. The molecular weight excluding hydrogens is 382 g/mol. The fourth-order valence-electron chi connectivity index (χ4n) is 3.59. The Morgan fingerprint density at radius 2 is 2.04 bits per heavy atom. The number of anilines is 1. The van der Waals surface area contributed by atoms with E-state index in [4.69, 9.17) is 16.3 Å². The van der Waals surface area contributed by atoms with E-state index in [9.17, 15) is 4.79 Å². The Morgan fingerprint density at radius 1 is 1.26 bits per heavy atom. The molecule has 27 heavy (non-hydrogen) atoms. The second kappa shape index (κ2) is 7.70. The Bertz CT molecular complexity index is 909. The Hall–Kier alpha value is -1.76. The van der Waals surface area contributed by atoms with Crippen LogP contribution in [-0.4, -0.2) is 53.2 Å². The van der Waals surface area contributed by atoms with Crippen LogP contribution in [0.1, 0.15) is 13.8 Å². The fraction of sp³-hybridized carbons (Fsp3) is 0.400. The molecule has 0 amide bonds. The molecule has 5 nitrogen and oxygen atoms in total. The summed E-state index contributed by atoms with van der Waals surface area (Å²) < 4.78 is 5.98. The van der Waals surface area contributed by atoms with Crippen molar-refractivity contribution in [3.63, 3.8) is 0 Å². The topological polar surface area (TPSA) is 45.7 Å².